The lowest BCUT2D eigenvalue weighted by molar-refractivity contribution is 0.0946. The molecule has 2 aromatic rings. The highest BCUT2D eigenvalue weighted by Crippen LogP contribution is 2.18. The fourth-order valence-electron chi connectivity index (χ4n) is 1.50. The van der Waals surface area contributed by atoms with Gasteiger partial charge in [0.2, 0.25) is 0 Å². The van der Waals surface area contributed by atoms with Crippen molar-refractivity contribution in [2.75, 3.05) is 0 Å². The van der Waals surface area contributed by atoms with Gasteiger partial charge in [-0.15, -0.1) is 0 Å². The van der Waals surface area contributed by atoms with Crippen LogP contribution in [0, 0.1) is 5.82 Å². The molecule has 2 rings (SSSR count). The highest BCUT2D eigenvalue weighted by molar-refractivity contribution is 8.13. The normalized spacial score (nSPS) is 11.3. The zero-order valence-electron chi connectivity index (χ0n) is 9.97. The topological polar surface area (TPSA) is 76.4 Å². The number of rotatable bonds is 4. The van der Waals surface area contributed by atoms with Crippen molar-refractivity contribution in [1.82, 2.24) is 5.32 Å². The van der Waals surface area contributed by atoms with Gasteiger partial charge < -0.3 is 9.73 Å². The molecular formula is C12H9ClFNO4S. The van der Waals surface area contributed by atoms with E-state index in [1.165, 1.54) is 12.5 Å². The standard InChI is InChI=1S/C12H9ClFNO4S/c13-20(17,18)9-1-2-10(11(14)5-9)12(16)15-6-8-3-4-19-7-8/h1-5,7H,6H2,(H,15,16). The Morgan fingerprint density at radius 2 is 2.10 bits per heavy atom. The zero-order chi connectivity index (χ0) is 14.8. The average molecular weight is 318 g/mol. The number of hydrogen-bond acceptors (Lipinski definition) is 4. The van der Waals surface area contributed by atoms with Gasteiger partial charge in [0.1, 0.15) is 5.82 Å². The van der Waals surface area contributed by atoms with Gasteiger partial charge >= 0.3 is 0 Å². The highest BCUT2D eigenvalue weighted by atomic mass is 35.7. The van der Waals surface area contributed by atoms with Crippen molar-refractivity contribution >= 4 is 25.6 Å². The van der Waals surface area contributed by atoms with Crippen molar-refractivity contribution in [3.8, 4) is 0 Å². The van der Waals surface area contributed by atoms with Crippen molar-refractivity contribution in [2.24, 2.45) is 0 Å². The molecule has 0 saturated carbocycles. The summed E-state index contributed by atoms with van der Waals surface area (Å²) in [5.41, 5.74) is 0.455. The summed E-state index contributed by atoms with van der Waals surface area (Å²) < 4.78 is 40.6. The van der Waals surface area contributed by atoms with Gasteiger partial charge in [0, 0.05) is 22.8 Å². The van der Waals surface area contributed by atoms with Gasteiger partial charge in [0.05, 0.1) is 23.0 Å². The monoisotopic (exact) mass is 317 g/mol. The molecule has 1 aromatic carbocycles. The van der Waals surface area contributed by atoms with Gasteiger partial charge in [-0.05, 0) is 24.3 Å². The molecule has 0 aliphatic heterocycles. The molecule has 0 aliphatic rings. The third-order valence-corrected chi connectivity index (χ3v) is 3.85. The first-order valence-corrected chi connectivity index (χ1v) is 7.72. The SMILES string of the molecule is O=C(NCc1ccoc1)c1ccc(S(=O)(=O)Cl)cc1F. The highest BCUT2D eigenvalue weighted by Gasteiger charge is 2.16. The lowest BCUT2D eigenvalue weighted by atomic mass is 10.2. The Kier molecular flexibility index (Phi) is 4.10. The van der Waals surface area contributed by atoms with E-state index in [0.717, 1.165) is 17.7 Å². The van der Waals surface area contributed by atoms with Gasteiger partial charge in [-0.2, -0.15) is 0 Å². The quantitative estimate of drug-likeness (QED) is 0.878. The fourth-order valence-corrected chi connectivity index (χ4v) is 2.27. The van der Waals surface area contributed by atoms with E-state index in [0.29, 0.717) is 6.07 Å². The average Bonchev–Trinajstić information content (AvgIpc) is 2.87. The minimum Gasteiger partial charge on any atom is -0.472 e. The molecule has 0 bridgehead atoms. The van der Waals surface area contributed by atoms with Crippen LogP contribution in [0.25, 0.3) is 0 Å². The van der Waals surface area contributed by atoms with E-state index in [9.17, 15) is 17.6 Å². The number of amides is 1. The Balaban J connectivity index is 2.14. The van der Waals surface area contributed by atoms with E-state index in [1.807, 2.05) is 0 Å². The van der Waals surface area contributed by atoms with Crippen LogP contribution in [-0.2, 0) is 15.6 Å². The second-order valence-electron chi connectivity index (χ2n) is 3.89. The lowest BCUT2D eigenvalue weighted by Crippen LogP contribution is -2.23. The summed E-state index contributed by atoms with van der Waals surface area (Å²) in [5.74, 6) is -1.63. The smallest absolute Gasteiger partial charge is 0.261 e. The third-order valence-electron chi connectivity index (χ3n) is 2.50. The van der Waals surface area contributed by atoms with Gasteiger partial charge in [0.15, 0.2) is 0 Å². The van der Waals surface area contributed by atoms with Crippen molar-refractivity contribution in [1.29, 1.82) is 0 Å². The number of carbonyl (C=O) groups excluding carboxylic acids is 1. The molecule has 20 heavy (non-hydrogen) atoms. The van der Waals surface area contributed by atoms with Crippen molar-refractivity contribution in [3.05, 3.63) is 53.7 Å². The predicted octanol–water partition coefficient (Wildman–Crippen LogP) is 2.28. The fraction of sp³-hybridized carbons (Fsp3) is 0.0833. The number of furan rings is 1. The maximum absolute atomic E-state index is 13.7. The van der Waals surface area contributed by atoms with Gasteiger partial charge in [-0.25, -0.2) is 12.8 Å². The van der Waals surface area contributed by atoms with E-state index in [-0.39, 0.29) is 12.1 Å². The molecule has 0 unspecified atom stereocenters. The molecule has 0 aliphatic carbocycles. The van der Waals surface area contributed by atoms with Gasteiger partial charge in [0.25, 0.3) is 15.0 Å². The summed E-state index contributed by atoms with van der Waals surface area (Å²) in [6, 6.07) is 4.49. The van der Waals surface area contributed by atoms with Crippen LogP contribution in [0.1, 0.15) is 15.9 Å². The molecule has 0 atom stereocenters. The lowest BCUT2D eigenvalue weighted by Gasteiger charge is -2.05. The molecule has 1 heterocycles. The molecule has 1 aromatic heterocycles. The molecule has 0 saturated heterocycles. The van der Waals surface area contributed by atoms with E-state index < -0.39 is 25.7 Å². The maximum atomic E-state index is 13.7. The summed E-state index contributed by atoms with van der Waals surface area (Å²) in [6.07, 6.45) is 2.89. The van der Waals surface area contributed by atoms with Crippen LogP contribution in [0.3, 0.4) is 0 Å². The van der Waals surface area contributed by atoms with Crippen LogP contribution in [0.15, 0.2) is 46.1 Å². The number of benzene rings is 1. The molecule has 0 radical (unpaired) electrons. The summed E-state index contributed by atoms with van der Waals surface area (Å²) in [4.78, 5) is 11.4. The van der Waals surface area contributed by atoms with Crippen molar-refractivity contribution in [2.45, 2.75) is 11.4 Å². The molecule has 5 nitrogen and oxygen atoms in total. The van der Waals surface area contributed by atoms with Crippen molar-refractivity contribution < 1.29 is 22.0 Å². The van der Waals surface area contributed by atoms with Crippen LogP contribution in [-0.4, -0.2) is 14.3 Å². The first-order chi connectivity index (χ1) is 9.38. The number of nitrogens with one attached hydrogen (secondary N) is 1. The molecule has 8 heteroatoms. The molecule has 0 spiro atoms. The Morgan fingerprint density at radius 3 is 2.65 bits per heavy atom. The zero-order valence-corrected chi connectivity index (χ0v) is 11.5. The second-order valence-corrected chi connectivity index (χ2v) is 6.46. The maximum Gasteiger partial charge on any atom is 0.261 e. The first-order valence-electron chi connectivity index (χ1n) is 5.41. The van der Waals surface area contributed by atoms with Gasteiger partial charge in [-0.1, -0.05) is 0 Å². The van der Waals surface area contributed by atoms with Crippen molar-refractivity contribution in [3.63, 3.8) is 0 Å². The number of hydrogen-bond donors (Lipinski definition) is 1. The predicted molar refractivity (Wildman–Crippen MR) is 69.3 cm³/mol. The van der Waals surface area contributed by atoms with Crippen LogP contribution < -0.4 is 5.32 Å². The summed E-state index contributed by atoms with van der Waals surface area (Å²) >= 11 is 0. The minimum absolute atomic E-state index is 0.171. The Hall–Kier alpha value is -1.86. The van der Waals surface area contributed by atoms with Crippen LogP contribution >= 0.6 is 10.7 Å². The largest absolute Gasteiger partial charge is 0.472 e. The molecule has 0 fully saturated rings. The number of halogens is 2. The van der Waals surface area contributed by atoms with Gasteiger partial charge in [-0.3, -0.25) is 4.79 Å². The van der Waals surface area contributed by atoms with Crippen LogP contribution in [0.5, 0.6) is 0 Å². The molecule has 106 valence electrons. The van der Waals surface area contributed by atoms with E-state index in [2.05, 4.69) is 5.32 Å². The second kappa shape index (κ2) is 5.64. The van der Waals surface area contributed by atoms with Crippen LogP contribution in [0.4, 0.5) is 4.39 Å². The summed E-state index contributed by atoms with van der Waals surface area (Å²) in [6.45, 7) is 0.171. The van der Waals surface area contributed by atoms with E-state index in [1.54, 1.807) is 6.07 Å². The Bertz CT molecular complexity index is 728. The first kappa shape index (κ1) is 14.5. The summed E-state index contributed by atoms with van der Waals surface area (Å²) in [5, 5.41) is 2.48. The molecule has 1 N–H and O–H groups in total. The Labute approximate surface area is 118 Å². The third kappa shape index (κ3) is 3.37. The minimum atomic E-state index is -4.03. The van der Waals surface area contributed by atoms with E-state index >= 15 is 0 Å². The summed E-state index contributed by atoms with van der Waals surface area (Å²) in [7, 11) is 1.06. The Morgan fingerprint density at radius 1 is 1.35 bits per heavy atom. The molecule has 1 amide bonds. The van der Waals surface area contributed by atoms with Crippen LogP contribution in [0.2, 0.25) is 0 Å². The molecular weight excluding hydrogens is 309 g/mol. The van der Waals surface area contributed by atoms with E-state index in [4.69, 9.17) is 15.1 Å². The number of carbonyl (C=O) groups is 1.